The second-order valence-corrected chi connectivity index (χ2v) is 4.38. The van der Waals surface area contributed by atoms with E-state index in [0.717, 1.165) is 15.7 Å². The second kappa shape index (κ2) is 5.05. The van der Waals surface area contributed by atoms with E-state index >= 15 is 0 Å². The maximum absolute atomic E-state index is 11.8. The number of carbonyl (C=O) groups is 1. The molecule has 0 spiro atoms. The van der Waals surface area contributed by atoms with Crippen molar-refractivity contribution in [1.29, 1.82) is 0 Å². The smallest absolute Gasteiger partial charge is 0.276 e. The zero-order chi connectivity index (χ0) is 12.3. The normalized spacial score (nSPS) is 10.0. The first-order valence-electron chi connectivity index (χ1n) is 5.02. The Morgan fingerprint density at radius 1 is 1.35 bits per heavy atom. The Hall–Kier alpha value is -1.75. The van der Waals surface area contributed by atoms with Gasteiger partial charge in [-0.05, 0) is 36.8 Å². The molecule has 86 valence electrons. The Labute approximate surface area is 107 Å². The SMILES string of the molecule is Cc1ccc(NC(=O)c2cccnn2)cc1Br. The maximum atomic E-state index is 11.8. The Morgan fingerprint density at radius 3 is 2.82 bits per heavy atom. The maximum Gasteiger partial charge on any atom is 0.276 e. The lowest BCUT2D eigenvalue weighted by Crippen LogP contribution is -2.14. The molecule has 2 rings (SSSR count). The van der Waals surface area contributed by atoms with Crippen LogP contribution in [0.25, 0.3) is 0 Å². The standard InChI is InChI=1S/C12H10BrN3O/c1-8-4-5-9(7-10(8)13)15-12(17)11-3-2-6-14-16-11/h2-7H,1H3,(H,15,17). The van der Waals surface area contributed by atoms with Crippen LogP contribution in [0.1, 0.15) is 16.1 Å². The van der Waals surface area contributed by atoms with Crippen LogP contribution in [0.4, 0.5) is 5.69 Å². The molecule has 0 aliphatic carbocycles. The van der Waals surface area contributed by atoms with Crippen molar-refractivity contribution in [3.63, 3.8) is 0 Å². The molecule has 0 saturated heterocycles. The van der Waals surface area contributed by atoms with E-state index in [9.17, 15) is 4.79 Å². The lowest BCUT2D eigenvalue weighted by molar-refractivity contribution is 0.102. The van der Waals surface area contributed by atoms with Crippen LogP contribution in [0, 0.1) is 6.92 Å². The van der Waals surface area contributed by atoms with Crippen molar-refractivity contribution in [1.82, 2.24) is 10.2 Å². The number of hydrogen-bond acceptors (Lipinski definition) is 3. The molecule has 17 heavy (non-hydrogen) atoms. The summed E-state index contributed by atoms with van der Waals surface area (Å²) >= 11 is 3.41. The van der Waals surface area contributed by atoms with Gasteiger partial charge in [0.05, 0.1) is 0 Å². The van der Waals surface area contributed by atoms with E-state index in [1.54, 1.807) is 12.1 Å². The number of nitrogens with one attached hydrogen (secondary N) is 1. The first-order valence-corrected chi connectivity index (χ1v) is 5.81. The molecule has 2 aromatic rings. The van der Waals surface area contributed by atoms with Crippen molar-refractivity contribution in [2.45, 2.75) is 6.92 Å². The van der Waals surface area contributed by atoms with Crippen LogP contribution < -0.4 is 5.32 Å². The minimum Gasteiger partial charge on any atom is -0.321 e. The van der Waals surface area contributed by atoms with Crippen LogP contribution in [0.15, 0.2) is 41.0 Å². The van der Waals surface area contributed by atoms with Crippen LogP contribution in [-0.2, 0) is 0 Å². The molecule has 4 nitrogen and oxygen atoms in total. The first kappa shape index (κ1) is 11.7. The quantitative estimate of drug-likeness (QED) is 0.926. The number of aromatic nitrogens is 2. The third kappa shape index (κ3) is 2.88. The monoisotopic (exact) mass is 291 g/mol. The van der Waals surface area contributed by atoms with E-state index in [0.29, 0.717) is 5.69 Å². The van der Waals surface area contributed by atoms with Gasteiger partial charge in [0.25, 0.3) is 5.91 Å². The minimum atomic E-state index is -0.270. The highest BCUT2D eigenvalue weighted by molar-refractivity contribution is 9.10. The van der Waals surface area contributed by atoms with Crippen LogP contribution in [-0.4, -0.2) is 16.1 Å². The zero-order valence-electron chi connectivity index (χ0n) is 9.14. The van der Waals surface area contributed by atoms with Gasteiger partial charge in [-0.3, -0.25) is 4.79 Å². The summed E-state index contributed by atoms with van der Waals surface area (Å²) in [6.45, 7) is 1.98. The van der Waals surface area contributed by atoms with Gasteiger partial charge in [-0.25, -0.2) is 0 Å². The number of rotatable bonds is 2. The summed E-state index contributed by atoms with van der Waals surface area (Å²) < 4.78 is 0.953. The van der Waals surface area contributed by atoms with Gasteiger partial charge < -0.3 is 5.32 Å². The van der Waals surface area contributed by atoms with Crippen molar-refractivity contribution in [2.75, 3.05) is 5.32 Å². The lowest BCUT2D eigenvalue weighted by atomic mass is 10.2. The molecular weight excluding hydrogens is 282 g/mol. The molecule has 1 N–H and O–H groups in total. The fourth-order valence-electron chi connectivity index (χ4n) is 1.29. The second-order valence-electron chi connectivity index (χ2n) is 3.53. The number of nitrogens with zero attached hydrogens (tertiary/aromatic N) is 2. The number of carbonyl (C=O) groups excluding carboxylic acids is 1. The zero-order valence-corrected chi connectivity index (χ0v) is 10.7. The minimum absolute atomic E-state index is 0.270. The average Bonchev–Trinajstić information content (AvgIpc) is 2.35. The van der Waals surface area contributed by atoms with Crippen molar-refractivity contribution in [3.05, 3.63) is 52.3 Å². The molecule has 1 amide bonds. The number of hydrogen-bond donors (Lipinski definition) is 1. The van der Waals surface area contributed by atoms with Gasteiger partial charge >= 0.3 is 0 Å². The Bertz CT molecular complexity index is 543. The summed E-state index contributed by atoms with van der Waals surface area (Å²) in [5, 5.41) is 10.2. The molecule has 0 bridgehead atoms. The predicted octanol–water partition coefficient (Wildman–Crippen LogP) is 2.80. The molecule has 5 heteroatoms. The Morgan fingerprint density at radius 2 is 2.18 bits per heavy atom. The molecular formula is C12H10BrN3O. The molecule has 1 aromatic heterocycles. The molecule has 0 atom stereocenters. The Kier molecular flexibility index (Phi) is 3.49. The van der Waals surface area contributed by atoms with Gasteiger partial charge in [0.1, 0.15) is 0 Å². The fourth-order valence-corrected chi connectivity index (χ4v) is 1.67. The molecule has 1 aromatic carbocycles. The summed E-state index contributed by atoms with van der Waals surface area (Å²) in [6, 6.07) is 8.91. The van der Waals surface area contributed by atoms with Crippen molar-refractivity contribution in [3.8, 4) is 0 Å². The number of benzene rings is 1. The van der Waals surface area contributed by atoms with Crippen molar-refractivity contribution in [2.24, 2.45) is 0 Å². The third-order valence-electron chi connectivity index (χ3n) is 2.23. The van der Waals surface area contributed by atoms with Gasteiger partial charge in [0.2, 0.25) is 0 Å². The number of amides is 1. The van der Waals surface area contributed by atoms with E-state index in [2.05, 4.69) is 31.4 Å². The summed E-state index contributed by atoms with van der Waals surface area (Å²) in [5.41, 5.74) is 2.13. The topological polar surface area (TPSA) is 54.9 Å². The van der Waals surface area contributed by atoms with Crippen LogP contribution in [0.5, 0.6) is 0 Å². The molecule has 0 aliphatic rings. The van der Waals surface area contributed by atoms with Crippen molar-refractivity contribution < 1.29 is 4.79 Å². The molecule has 0 aliphatic heterocycles. The van der Waals surface area contributed by atoms with Gasteiger partial charge in [0.15, 0.2) is 5.69 Å². The average molecular weight is 292 g/mol. The highest BCUT2D eigenvalue weighted by Crippen LogP contribution is 2.20. The van der Waals surface area contributed by atoms with Gasteiger partial charge in [0, 0.05) is 16.4 Å². The highest BCUT2D eigenvalue weighted by atomic mass is 79.9. The summed E-state index contributed by atoms with van der Waals surface area (Å²) in [7, 11) is 0. The van der Waals surface area contributed by atoms with Gasteiger partial charge in [-0.1, -0.05) is 22.0 Å². The number of anilines is 1. The summed E-state index contributed by atoms with van der Waals surface area (Å²) in [5.74, 6) is -0.270. The fraction of sp³-hybridized carbons (Fsp3) is 0.0833. The van der Waals surface area contributed by atoms with E-state index in [4.69, 9.17) is 0 Å². The van der Waals surface area contributed by atoms with Gasteiger partial charge in [-0.15, -0.1) is 5.10 Å². The predicted molar refractivity (Wildman–Crippen MR) is 68.9 cm³/mol. The molecule has 1 heterocycles. The molecule has 0 saturated carbocycles. The van der Waals surface area contributed by atoms with Crippen LogP contribution >= 0.6 is 15.9 Å². The van der Waals surface area contributed by atoms with E-state index in [-0.39, 0.29) is 5.91 Å². The lowest BCUT2D eigenvalue weighted by Gasteiger charge is -2.05. The molecule has 0 fully saturated rings. The largest absolute Gasteiger partial charge is 0.321 e. The van der Waals surface area contributed by atoms with Crippen molar-refractivity contribution >= 4 is 27.5 Å². The first-order chi connectivity index (χ1) is 8.16. The third-order valence-corrected chi connectivity index (χ3v) is 3.09. The summed E-state index contributed by atoms with van der Waals surface area (Å²) in [6.07, 6.45) is 1.53. The molecule has 0 unspecified atom stereocenters. The number of halogens is 1. The van der Waals surface area contributed by atoms with Crippen LogP contribution in [0.3, 0.4) is 0 Å². The van der Waals surface area contributed by atoms with E-state index in [1.165, 1.54) is 6.20 Å². The Balaban J connectivity index is 2.16. The highest BCUT2D eigenvalue weighted by Gasteiger charge is 2.07. The number of aryl methyl sites for hydroxylation is 1. The molecule has 0 radical (unpaired) electrons. The summed E-state index contributed by atoms with van der Waals surface area (Å²) in [4.78, 5) is 11.8. The van der Waals surface area contributed by atoms with Crippen LogP contribution in [0.2, 0.25) is 0 Å². The van der Waals surface area contributed by atoms with Gasteiger partial charge in [-0.2, -0.15) is 5.10 Å². The van der Waals surface area contributed by atoms with E-state index < -0.39 is 0 Å². The van der Waals surface area contributed by atoms with E-state index in [1.807, 2.05) is 25.1 Å².